The van der Waals surface area contributed by atoms with Crippen molar-refractivity contribution in [2.24, 2.45) is 0 Å². The summed E-state index contributed by atoms with van der Waals surface area (Å²) in [5.41, 5.74) is 6.65. The van der Waals surface area contributed by atoms with Crippen LogP contribution < -0.4 is 5.73 Å². The molecule has 2 heterocycles. The molecule has 5 nitrogen and oxygen atoms in total. The maximum atomic E-state index is 12.2. The molecule has 0 aromatic carbocycles. The van der Waals surface area contributed by atoms with Crippen LogP contribution in [0, 0.1) is 0 Å². The van der Waals surface area contributed by atoms with Gasteiger partial charge >= 0.3 is 0 Å². The number of carbonyl (C=O) groups excluding carboxylic acids is 1. The Kier molecular flexibility index (Phi) is 4.15. The lowest BCUT2D eigenvalue weighted by Gasteiger charge is -2.31. The molecule has 98 valence electrons. The number of ether oxygens (including phenoxy) is 1. The van der Waals surface area contributed by atoms with Crippen LogP contribution >= 0.6 is 0 Å². The molecule has 1 aliphatic heterocycles. The van der Waals surface area contributed by atoms with Crippen molar-refractivity contribution in [3.8, 4) is 0 Å². The lowest BCUT2D eigenvalue weighted by Crippen LogP contribution is -2.41. The normalized spacial score (nSPS) is 16.8. The lowest BCUT2D eigenvalue weighted by molar-refractivity contribution is 0.0144. The number of nitrogen functional groups attached to an aromatic ring is 1. The Morgan fingerprint density at radius 1 is 1.56 bits per heavy atom. The summed E-state index contributed by atoms with van der Waals surface area (Å²) in [5.74, 6) is -0.0442. The molecule has 5 heteroatoms. The van der Waals surface area contributed by atoms with Crippen molar-refractivity contribution in [1.82, 2.24) is 9.88 Å². The van der Waals surface area contributed by atoms with Crippen molar-refractivity contribution in [3.05, 3.63) is 24.0 Å². The van der Waals surface area contributed by atoms with Crippen molar-refractivity contribution in [2.45, 2.75) is 25.9 Å². The molecule has 1 amide bonds. The first-order valence-electron chi connectivity index (χ1n) is 6.33. The van der Waals surface area contributed by atoms with Crippen LogP contribution in [0.5, 0.6) is 0 Å². The fourth-order valence-electron chi connectivity index (χ4n) is 2.19. The topological polar surface area (TPSA) is 68.5 Å². The third kappa shape index (κ3) is 2.98. The number of carbonyl (C=O) groups is 1. The van der Waals surface area contributed by atoms with Gasteiger partial charge in [0, 0.05) is 31.6 Å². The summed E-state index contributed by atoms with van der Waals surface area (Å²) in [7, 11) is 0. The van der Waals surface area contributed by atoms with E-state index in [1.54, 1.807) is 18.3 Å². The minimum Gasteiger partial charge on any atom is -0.399 e. The highest BCUT2D eigenvalue weighted by Crippen LogP contribution is 2.16. The molecule has 0 aliphatic carbocycles. The van der Waals surface area contributed by atoms with Crippen molar-refractivity contribution < 1.29 is 9.53 Å². The standard InChI is InChI=1S/C13H19N3O2/c1-2-18-11-4-7-16(8-5-11)13(17)12-9-10(14)3-6-15-12/h3,6,9,11H,2,4-5,7-8H2,1H3,(H2,14,15). The fourth-order valence-corrected chi connectivity index (χ4v) is 2.19. The molecule has 1 aliphatic rings. The third-order valence-corrected chi connectivity index (χ3v) is 3.13. The minimum atomic E-state index is -0.0442. The number of pyridine rings is 1. The van der Waals surface area contributed by atoms with Gasteiger partial charge < -0.3 is 15.4 Å². The van der Waals surface area contributed by atoms with E-state index in [2.05, 4.69) is 4.98 Å². The van der Waals surface area contributed by atoms with Gasteiger partial charge in [-0.3, -0.25) is 9.78 Å². The summed E-state index contributed by atoms with van der Waals surface area (Å²) >= 11 is 0. The van der Waals surface area contributed by atoms with Gasteiger partial charge in [0.15, 0.2) is 0 Å². The second-order valence-corrected chi connectivity index (χ2v) is 4.42. The Labute approximate surface area is 107 Å². The SMILES string of the molecule is CCOC1CCN(C(=O)c2cc(N)ccn2)CC1. The van der Waals surface area contributed by atoms with Crippen molar-refractivity contribution in [1.29, 1.82) is 0 Å². The molecule has 0 bridgehead atoms. The Hall–Kier alpha value is -1.62. The first kappa shape index (κ1) is 12.8. The zero-order chi connectivity index (χ0) is 13.0. The predicted octanol–water partition coefficient (Wildman–Crippen LogP) is 1.30. The second kappa shape index (κ2) is 5.82. The number of rotatable bonds is 3. The van der Waals surface area contributed by atoms with Crippen molar-refractivity contribution in [3.63, 3.8) is 0 Å². The number of piperidine rings is 1. The van der Waals surface area contributed by atoms with E-state index in [1.807, 2.05) is 11.8 Å². The van der Waals surface area contributed by atoms with Crippen LogP contribution in [-0.2, 0) is 4.74 Å². The van der Waals surface area contributed by atoms with E-state index in [9.17, 15) is 4.79 Å². The van der Waals surface area contributed by atoms with E-state index in [1.165, 1.54) is 0 Å². The van der Waals surface area contributed by atoms with E-state index in [-0.39, 0.29) is 12.0 Å². The first-order valence-corrected chi connectivity index (χ1v) is 6.33. The number of anilines is 1. The van der Waals surface area contributed by atoms with Crippen LogP contribution in [-0.4, -0.2) is 41.6 Å². The van der Waals surface area contributed by atoms with Crippen LogP contribution in [0.4, 0.5) is 5.69 Å². The van der Waals surface area contributed by atoms with Crippen LogP contribution in [0.15, 0.2) is 18.3 Å². The quantitative estimate of drug-likeness (QED) is 0.876. The molecular weight excluding hydrogens is 230 g/mol. The van der Waals surface area contributed by atoms with Crippen LogP contribution in [0.3, 0.4) is 0 Å². The molecule has 1 saturated heterocycles. The Morgan fingerprint density at radius 2 is 2.28 bits per heavy atom. The van der Waals surface area contributed by atoms with E-state index < -0.39 is 0 Å². The molecule has 0 atom stereocenters. The van der Waals surface area contributed by atoms with Crippen LogP contribution in [0.25, 0.3) is 0 Å². The highest BCUT2D eigenvalue weighted by Gasteiger charge is 2.24. The van der Waals surface area contributed by atoms with Gasteiger partial charge in [0.05, 0.1) is 6.10 Å². The molecule has 1 fully saturated rings. The minimum absolute atomic E-state index is 0.0442. The molecule has 2 N–H and O–H groups in total. The molecule has 18 heavy (non-hydrogen) atoms. The Balaban J connectivity index is 1.95. The van der Waals surface area contributed by atoms with Gasteiger partial charge in [-0.25, -0.2) is 0 Å². The molecule has 1 aromatic heterocycles. The van der Waals surface area contributed by atoms with E-state index >= 15 is 0 Å². The number of aromatic nitrogens is 1. The molecule has 0 unspecified atom stereocenters. The van der Waals surface area contributed by atoms with Crippen molar-refractivity contribution >= 4 is 11.6 Å². The lowest BCUT2D eigenvalue weighted by atomic mass is 10.1. The fraction of sp³-hybridized carbons (Fsp3) is 0.538. The zero-order valence-corrected chi connectivity index (χ0v) is 10.6. The van der Waals surface area contributed by atoms with Gasteiger partial charge in [-0.15, -0.1) is 0 Å². The van der Waals surface area contributed by atoms with Gasteiger partial charge in [-0.05, 0) is 31.9 Å². The summed E-state index contributed by atoms with van der Waals surface area (Å²) in [6, 6.07) is 3.30. The van der Waals surface area contributed by atoms with Gasteiger partial charge in [-0.1, -0.05) is 0 Å². The average molecular weight is 249 g/mol. The third-order valence-electron chi connectivity index (χ3n) is 3.13. The van der Waals surface area contributed by atoms with E-state index in [4.69, 9.17) is 10.5 Å². The second-order valence-electron chi connectivity index (χ2n) is 4.42. The number of likely N-dealkylation sites (tertiary alicyclic amines) is 1. The Bertz CT molecular complexity index is 414. The first-order chi connectivity index (χ1) is 8.70. The number of nitrogens with two attached hydrogens (primary N) is 1. The smallest absolute Gasteiger partial charge is 0.272 e. The highest BCUT2D eigenvalue weighted by molar-refractivity contribution is 5.93. The average Bonchev–Trinajstić information content (AvgIpc) is 2.39. The van der Waals surface area contributed by atoms with E-state index in [0.717, 1.165) is 32.5 Å². The van der Waals surface area contributed by atoms with Gasteiger partial charge in [-0.2, -0.15) is 0 Å². The van der Waals surface area contributed by atoms with Crippen LogP contribution in [0.1, 0.15) is 30.3 Å². The van der Waals surface area contributed by atoms with E-state index in [0.29, 0.717) is 11.4 Å². The van der Waals surface area contributed by atoms with Gasteiger partial charge in [0.2, 0.25) is 0 Å². The molecule has 0 saturated carbocycles. The number of amides is 1. The number of hydrogen-bond acceptors (Lipinski definition) is 4. The molecule has 1 aromatic rings. The zero-order valence-electron chi connectivity index (χ0n) is 10.6. The molecule has 0 spiro atoms. The summed E-state index contributed by atoms with van der Waals surface area (Å²) in [6.07, 6.45) is 3.63. The summed E-state index contributed by atoms with van der Waals surface area (Å²) in [4.78, 5) is 18.1. The summed E-state index contributed by atoms with van der Waals surface area (Å²) in [5, 5.41) is 0. The molecular formula is C13H19N3O2. The number of nitrogens with zero attached hydrogens (tertiary/aromatic N) is 2. The van der Waals surface area contributed by atoms with Crippen molar-refractivity contribution in [2.75, 3.05) is 25.4 Å². The van der Waals surface area contributed by atoms with Gasteiger partial charge in [0.1, 0.15) is 5.69 Å². The predicted molar refractivity (Wildman–Crippen MR) is 69.2 cm³/mol. The molecule has 2 rings (SSSR count). The summed E-state index contributed by atoms with van der Waals surface area (Å²) < 4.78 is 5.56. The monoisotopic (exact) mass is 249 g/mol. The largest absolute Gasteiger partial charge is 0.399 e. The van der Waals surface area contributed by atoms with Crippen LogP contribution in [0.2, 0.25) is 0 Å². The maximum absolute atomic E-state index is 12.2. The number of hydrogen-bond donors (Lipinski definition) is 1. The molecule has 0 radical (unpaired) electrons. The Morgan fingerprint density at radius 3 is 2.89 bits per heavy atom. The maximum Gasteiger partial charge on any atom is 0.272 e. The summed E-state index contributed by atoms with van der Waals surface area (Å²) in [6.45, 7) is 4.17. The van der Waals surface area contributed by atoms with Gasteiger partial charge in [0.25, 0.3) is 5.91 Å². The highest BCUT2D eigenvalue weighted by atomic mass is 16.5.